The number of esters is 1. The third-order valence-electron chi connectivity index (χ3n) is 7.12. The molecule has 0 spiro atoms. The van der Waals surface area contributed by atoms with Crippen molar-refractivity contribution < 1.29 is 32.2 Å². The summed E-state index contributed by atoms with van der Waals surface area (Å²) in [5.41, 5.74) is 2.75. The zero-order valence-corrected chi connectivity index (χ0v) is 22.8. The van der Waals surface area contributed by atoms with E-state index in [1.165, 1.54) is 16.8 Å². The molecule has 2 aliphatic rings. The normalized spacial score (nSPS) is 15.6. The number of rotatable bonds is 7. The number of nitrogens with zero attached hydrogens (tertiary/aromatic N) is 5. The van der Waals surface area contributed by atoms with E-state index < -0.39 is 24.0 Å². The summed E-state index contributed by atoms with van der Waals surface area (Å²) in [6, 6.07) is 3.72. The summed E-state index contributed by atoms with van der Waals surface area (Å²) in [5.74, 6) is -1.61. The Morgan fingerprint density at radius 1 is 1.15 bits per heavy atom. The van der Waals surface area contributed by atoms with Crippen LogP contribution in [0.1, 0.15) is 51.7 Å². The lowest BCUT2D eigenvalue weighted by Crippen LogP contribution is -2.43. The monoisotopic (exact) mass is 573 g/mol. The van der Waals surface area contributed by atoms with Crippen LogP contribution in [0.15, 0.2) is 24.4 Å². The van der Waals surface area contributed by atoms with E-state index in [1.807, 2.05) is 7.05 Å². The fourth-order valence-electron chi connectivity index (χ4n) is 5.10. The molecule has 0 radical (unpaired) electrons. The first-order chi connectivity index (χ1) is 19.5. The predicted molar refractivity (Wildman–Crippen MR) is 142 cm³/mol. The van der Waals surface area contributed by atoms with E-state index in [2.05, 4.69) is 35.3 Å². The molecule has 0 bridgehead atoms. The fraction of sp³-hybridized carbons (Fsp3) is 0.444. The molecule has 2 aromatic heterocycles. The quantitative estimate of drug-likeness (QED) is 0.408. The average Bonchev–Trinajstić information content (AvgIpc) is 3.27. The third-order valence-corrected chi connectivity index (χ3v) is 7.12. The number of halogens is 3. The lowest BCUT2D eigenvalue weighted by molar-refractivity contribution is -0.274. The molecule has 0 saturated carbocycles. The van der Waals surface area contributed by atoms with Gasteiger partial charge in [0.2, 0.25) is 5.95 Å². The highest BCUT2D eigenvalue weighted by molar-refractivity contribution is 5.95. The first kappa shape index (κ1) is 28.3. The van der Waals surface area contributed by atoms with Gasteiger partial charge in [-0.1, -0.05) is 0 Å². The number of carbonyl (C=O) groups is 2. The van der Waals surface area contributed by atoms with Gasteiger partial charge in [-0.05, 0) is 76.5 Å². The maximum Gasteiger partial charge on any atom is 0.573 e. The number of piperidine rings is 1. The minimum absolute atomic E-state index is 0.00559. The molecular weight excluding hydrogens is 543 g/mol. The van der Waals surface area contributed by atoms with E-state index in [0.717, 1.165) is 37.6 Å². The number of nitrogens with one attached hydrogen (secondary N) is 2. The molecule has 0 atom stereocenters. The van der Waals surface area contributed by atoms with Crippen LogP contribution in [-0.2, 0) is 24.6 Å². The lowest BCUT2D eigenvalue weighted by atomic mass is 9.93. The number of alkyl halides is 3. The number of ether oxygens (including phenoxy) is 2. The van der Waals surface area contributed by atoms with Crippen LogP contribution in [0.4, 0.5) is 24.8 Å². The van der Waals surface area contributed by atoms with Gasteiger partial charge in [0.05, 0.1) is 23.7 Å². The Hall–Kier alpha value is -4.20. The summed E-state index contributed by atoms with van der Waals surface area (Å²) in [6.07, 6.45) is -0.830. The van der Waals surface area contributed by atoms with Gasteiger partial charge in [0, 0.05) is 30.4 Å². The maximum absolute atomic E-state index is 13.3. The molecule has 41 heavy (non-hydrogen) atoms. The standard InChI is InChI=1S/C27H30F3N7O4/c1-4-40-25(39)22-18-7-5-16-14-31-26(34-21(16)23(18)37(3)35-22)33-19-8-6-15(13-20(19)41-27(28,29)30)24(38)32-17-9-11-36(2)12-10-17/h6,8,13-14,17H,4-5,7,9-12H2,1-3H3,(H,32,38)(H,31,33,34). The maximum atomic E-state index is 13.3. The summed E-state index contributed by atoms with van der Waals surface area (Å²) in [6.45, 7) is 3.56. The molecule has 1 aliphatic heterocycles. The van der Waals surface area contributed by atoms with Crippen molar-refractivity contribution in [1.82, 2.24) is 30.0 Å². The number of hydrogen-bond donors (Lipinski definition) is 2. The predicted octanol–water partition coefficient (Wildman–Crippen LogP) is 3.62. The van der Waals surface area contributed by atoms with Crippen LogP contribution < -0.4 is 15.4 Å². The number of likely N-dealkylation sites (tertiary alicyclic amines) is 1. The van der Waals surface area contributed by atoms with Gasteiger partial charge < -0.3 is 25.0 Å². The SMILES string of the molecule is CCOC(=O)c1nn(C)c2c1CCc1cnc(Nc3ccc(C(=O)NC4CCN(C)CC4)cc3OC(F)(F)F)nc1-2. The Morgan fingerprint density at radius 3 is 2.61 bits per heavy atom. The van der Waals surface area contributed by atoms with E-state index in [0.29, 0.717) is 29.8 Å². The number of benzene rings is 1. The second-order valence-electron chi connectivity index (χ2n) is 10.0. The van der Waals surface area contributed by atoms with E-state index >= 15 is 0 Å². The number of aromatic nitrogens is 4. The molecule has 11 nitrogen and oxygen atoms in total. The molecule has 3 heterocycles. The van der Waals surface area contributed by atoms with Gasteiger partial charge >= 0.3 is 12.3 Å². The van der Waals surface area contributed by atoms with E-state index in [4.69, 9.17) is 4.74 Å². The van der Waals surface area contributed by atoms with Crippen molar-refractivity contribution in [3.8, 4) is 17.1 Å². The highest BCUT2D eigenvalue weighted by Crippen LogP contribution is 2.36. The minimum Gasteiger partial charge on any atom is -0.461 e. The summed E-state index contributed by atoms with van der Waals surface area (Å²) in [5, 5.41) is 10.0. The van der Waals surface area contributed by atoms with Crippen molar-refractivity contribution in [3.63, 3.8) is 0 Å². The van der Waals surface area contributed by atoms with Crippen molar-refractivity contribution in [1.29, 1.82) is 0 Å². The molecule has 0 unspecified atom stereocenters. The number of hydrogen-bond acceptors (Lipinski definition) is 9. The van der Waals surface area contributed by atoms with Crippen molar-refractivity contribution in [2.45, 2.75) is 45.0 Å². The van der Waals surface area contributed by atoms with Crippen LogP contribution >= 0.6 is 0 Å². The molecule has 218 valence electrons. The number of fused-ring (bicyclic) bond motifs is 3. The molecule has 1 amide bonds. The summed E-state index contributed by atoms with van der Waals surface area (Å²) in [4.78, 5) is 36.2. The van der Waals surface area contributed by atoms with Crippen LogP contribution in [0.5, 0.6) is 5.75 Å². The first-order valence-electron chi connectivity index (χ1n) is 13.3. The minimum atomic E-state index is -5.00. The Balaban J connectivity index is 1.42. The molecule has 3 aromatic rings. The second kappa shape index (κ2) is 11.4. The molecule has 2 N–H and O–H groups in total. The number of amides is 1. The van der Waals surface area contributed by atoms with Crippen molar-refractivity contribution >= 4 is 23.5 Å². The van der Waals surface area contributed by atoms with Gasteiger partial charge in [0.15, 0.2) is 11.4 Å². The van der Waals surface area contributed by atoms with Crippen LogP contribution in [0, 0.1) is 0 Å². The number of carbonyl (C=O) groups excluding carboxylic acids is 2. The van der Waals surface area contributed by atoms with Crippen LogP contribution in [0.2, 0.25) is 0 Å². The molecule has 1 fully saturated rings. The Kier molecular flexibility index (Phi) is 7.84. The van der Waals surface area contributed by atoms with Gasteiger partial charge in [-0.25, -0.2) is 14.8 Å². The Labute approximate surface area is 234 Å². The number of aryl methyl sites for hydroxylation is 2. The lowest BCUT2D eigenvalue weighted by Gasteiger charge is -2.29. The smallest absolute Gasteiger partial charge is 0.461 e. The van der Waals surface area contributed by atoms with Crippen LogP contribution in [0.3, 0.4) is 0 Å². The van der Waals surface area contributed by atoms with Crippen molar-refractivity contribution in [3.05, 3.63) is 46.8 Å². The van der Waals surface area contributed by atoms with Crippen LogP contribution in [-0.4, -0.2) is 75.7 Å². The Bertz CT molecular complexity index is 1470. The van der Waals surface area contributed by atoms with Crippen molar-refractivity contribution in [2.75, 3.05) is 32.1 Å². The highest BCUT2D eigenvalue weighted by Gasteiger charge is 2.33. The zero-order valence-electron chi connectivity index (χ0n) is 22.8. The van der Waals surface area contributed by atoms with Crippen LogP contribution in [0.25, 0.3) is 11.4 Å². The molecule has 1 saturated heterocycles. The van der Waals surface area contributed by atoms with Gasteiger partial charge in [-0.3, -0.25) is 9.48 Å². The Morgan fingerprint density at radius 2 is 1.90 bits per heavy atom. The van der Waals surface area contributed by atoms with E-state index in [9.17, 15) is 22.8 Å². The van der Waals surface area contributed by atoms with E-state index in [1.54, 1.807) is 20.2 Å². The topological polar surface area (TPSA) is 123 Å². The van der Waals surface area contributed by atoms with Gasteiger partial charge in [0.1, 0.15) is 0 Å². The second-order valence-corrected chi connectivity index (χ2v) is 10.0. The highest BCUT2D eigenvalue weighted by atomic mass is 19.4. The zero-order chi connectivity index (χ0) is 29.3. The molecule has 1 aromatic carbocycles. The average molecular weight is 574 g/mol. The molecule has 14 heteroatoms. The summed E-state index contributed by atoms with van der Waals surface area (Å²) in [7, 11) is 3.67. The molecular formula is C27H30F3N7O4. The summed E-state index contributed by atoms with van der Waals surface area (Å²) < 4.78 is 50.9. The van der Waals surface area contributed by atoms with Gasteiger partial charge in [-0.15, -0.1) is 13.2 Å². The van der Waals surface area contributed by atoms with Gasteiger partial charge in [-0.2, -0.15) is 5.10 Å². The van der Waals surface area contributed by atoms with Crippen molar-refractivity contribution in [2.24, 2.45) is 7.05 Å². The molecule has 1 aliphatic carbocycles. The summed E-state index contributed by atoms with van der Waals surface area (Å²) >= 11 is 0. The largest absolute Gasteiger partial charge is 0.573 e. The van der Waals surface area contributed by atoms with Gasteiger partial charge in [0.25, 0.3) is 5.91 Å². The number of anilines is 2. The third kappa shape index (κ3) is 6.26. The molecule has 5 rings (SSSR count). The fourth-order valence-corrected chi connectivity index (χ4v) is 5.10. The van der Waals surface area contributed by atoms with E-state index in [-0.39, 0.29) is 35.5 Å². The first-order valence-corrected chi connectivity index (χ1v) is 13.3.